The van der Waals surface area contributed by atoms with Gasteiger partial charge in [0.05, 0.1) is 27.6 Å². The predicted octanol–water partition coefficient (Wildman–Crippen LogP) is 3.39. The molecule has 0 aliphatic carbocycles. The second-order valence-corrected chi connectivity index (χ2v) is 4.49. The summed E-state index contributed by atoms with van der Waals surface area (Å²) >= 11 is 7.82. The number of benzene rings is 1. The zero-order valence-corrected chi connectivity index (χ0v) is 8.82. The normalized spacial score (nSPS) is 12.9. The lowest BCUT2D eigenvalue weighted by Gasteiger charge is -2.17. The van der Waals surface area contributed by atoms with Crippen molar-refractivity contribution in [2.45, 2.75) is 6.54 Å². The van der Waals surface area contributed by atoms with Crippen LogP contribution in [0, 0.1) is 0 Å². The van der Waals surface area contributed by atoms with Gasteiger partial charge >= 0.3 is 0 Å². The smallest absolute Gasteiger partial charge is 0.0897 e. The van der Waals surface area contributed by atoms with E-state index in [1.807, 2.05) is 23.7 Å². The van der Waals surface area contributed by atoms with Crippen LogP contribution in [0.1, 0.15) is 4.88 Å². The van der Waals surface area contributed by atoms with Crippen molar-refractivity contribution in [1.29, 1.82) is 0 Å². The Bertz CT molecular complexity index is 493. The molecule has 70 valence electrons. The molecule has 2 nitrogen and oxygen atoms in total. The van der Waals surface area contributed by atoms with E-state index in [1.54, 1.807) is 11.3 Å². The molecule has 0 saturated heterocycles. The van der Waals surface area contributed by atoms with Gasteiger partial charge in [-0.25, -0.2) is 4.98 Å². The number of hydrogen-bond donors (Lipinski definition) is 1. The fourth-order valence-electron chi connectivity index (χ4n) is 1.69. The Hall–Kier alpha value is -1.06. The standard InChI is InChI=1S/C10H7ClN2S/c11-6-2-1-3-7-9(6)10-8(4-12-7)14-5-13-10/h1-3,5,12H,4H2. The van der Waals surface area contributed by atoms with E-state index in [-0.39, 0.29) is 0 Å². The van der Waals surface area contributed by atoms with E-state index < -0.39 is 0 Å². The third-order valence-corrected chi connectivity index (χ3v) is 3.48. The zero-order valence-electron chi connectivity index (χ0n) is 7.25. The number of thiazole rings is 1. The molecule has 0 saturated carbocycles. The first-order chi connectivity index (χ1) is 6.86. The quantitative estimate of drug-likeness (QED) is 0.739. The Labute approximate surface area is 90.6 Å². The Balaban J connectivity index is 2.34. The molecule has 3 rings (SSSR count). The highest BCUT2D eigenvalue weighted by Gasteiger charge is 2.20. The molecule has 1 N–H and O–H groups in total. The highest BCUT2D eigenvalue weighted by molar-refractivity contribution is 7.10. The van der Waals surface area contributed by atoms with E-state index in [0.717, 1.165) is 28.5 Å². The maximum atomic E-state index is 6.15. The van der Waals surface area contributed by atoms with Crippen LogP contribution < -0.4 is 5.32 Å². The molecular formula is C10H7ClN2S. The molecule has 1 aliphatic rings. The van der Waals surface area contributed by atoms with Crippen LogP contribution in [-0.4, -0.2) is 4.98 Å². The van der Waals surface area contributed by atoms with Crippen molar-refractivity contribution in [3.63, 3.8) is 0 Å². The lowest BCUT2D eigenvalue weighted by atomic mass is 10.1. The summed E-state index contributed by atoms with van der Waals surface area (Å²) in [7, 11) is 0. The first kappa shape index (κ1) is 8.26. The Morgan fingerprint density at radius 3 is 3.29 bits per heavy atom. The molecule has 14 heavy (non-hydrogen) atoms. The molecule has 1 aromatic carbocycles. The lowest BCUT2D eigenvalue weighted by Crippen LogP contribution is -2.06. The third kappa shape index (κ3) is 1.06. The Morgan fingerprint density at radius 2 is 2.36 bits per heavy atom. The summed E-state index contributed by atoms with van der Waals surface area (Å²) < 4.78 is 0. The van der Waals surface area contributed by atoms with Crippen LogP contribution in [0.3, 0.4) is 0 Å². The maximum Gasteiger partial charge on any atom is 0.0897 e. The molecule has 0 spiro atoms. The topological polar surface area (TPSA) is 24.9 Å². The summed E-state index contributed by atoms with van der Waals surface area (Å²) in [6.45, 7) is 0.855. The Morgan fingerprint density at radius 1 is 1.43 bits per heavy atom. The molecular weight excluding hydrogens is 216 g/mol. The maximum absolute atomic E-state index is 6.15. The van der Waals surface area contributed by atoms with Crippen molar-refractivity contribution in [3.05, 3.63) is 33.6 Å². The molecule has 0 atom stereocenters. The van der Waals surface area contributed by atoms with Crippen molar-refractivity contribution >= 4 is 28.6 Å². The fraction of sp³-hybridized carbons (Fsp3) is 0.100. The van der Waals surface area contributed by atoms with Crippen molar-refractivity contribution in [2.75, 3.05) is 5.32 Å². The largest absolute Gasteiger partial charge is 0.379 e. The van der Waals surface area contributed by atoms with Crippen LogP contribution in [0.2, 0.25) is 5.02 Å². The molecule has 0 unspecified atom stereocenters. The minimum absolute atomic E-state index is 0.766. The summed E-state index contributed by atoms with van der Waals surface area (Å²) in [5.74, 6) is 0. The van der Waals surface area contributed by atoms with Gasteiger partial charge in [0.25, 0.3) is 0 Å². The summed E-state index contributed by atoms with van der Waals surface area (Å²) in [6, 6.07) is 5.88. The van der Waals surface area contributed by atoms with Crippen LogP contribution in [0.25, 0.3) is 11.3 Å². The Kier molecular flexibility index (Phi) is 1.75. The summed E-state index contributed by atoms with van der Waals surface area (Å²) in [6.07, 6.45) is 0. The molecule has 1 aliphatic heterocycles. The van der Waals surface area contributed by atoms with Gasteiger partial charge in [-0.05, 0) is 12.1 Å². The van der Waals surface area contributed by atoms with Crippen LogP contribution in [0.5, 0.6) is 0 Å². The van der Waals surface area contributed by atoms with Gasteiger partial charge in [-0.15, -0.1) is 11.3 Å². The summed E-state index contributed by atoms with van der Waals surface area (Å²) in [5.41, 5.74) is 5.02. The van der Waals surface area contributed by atoms with Gasteiger partial charge < -0.3 is 5.32 Å². The van der Waals surface area contributed by atoms with E-state index in [0.29, 0.717) is 0 Å². The number of nitrogens with one attached hydrogen (secondary N) is 1. The van der Waals surface area contributed by atoms with Gasteiger partial charge in [0.2, 0.25) is 0 Å². The average Bonchev–Trinajstić information content (AvgIpc) is 2.65. The lowest BCUT2D eigenvalue weighted by molar-refractivity contribution is 1.15. The molecule has 0 bridgehead atoms. The third-order valence-electron chi connectivity index (χ3n) is 2.33. The van der Waals surface area contributed by atoms with Crippen LogP contribution in [-0.2, 0) is 6.54 Å². The monoisotopic (exact) mass is 222 g/mol. The van der Waals surface area contributed by atoms with E-state index in [2.05, 4.69) is 10.3 Å². The molecule has 0 amide bonds. The summed E-state index contributed by atoms with van der Waals surface area (Å²) in [5, 5.41) is 4.10. The fourth-order valence-corrected chi connectivity index (χ4v) is 2.66. The summed E-state index contributed by atoms with van der Waals surface area (Å²) in [4.78, 5) is 5.61. The molecule has 2 aromatic rings. The van der Waals surface area contributed by atoms with Crippen LogP contribution in [0.4, 0.5) is 5.69 Å². The van der Waals surface area contributed by atoms with Gasteiger partial charge in [-0.3, -0.25) is 0 Å². The molecule has 1 aromatic heterocycles. The molecule has 2 heterocycles. The SMILES string of the molecule is Clc1cccc2c1-c1ncsc1CN2. The molecule has 4 heteroatoms. The minimum Gasteiger partial charge on any atom is -0.379 e. The molecule has 0 radical (unpaired) electrons. The van der Waals surface area contributed by atoms with E-state index in [9.17, 15) is 0 Å². The van der Waals surface area contributed by atoms with Crippen LogP contribution in [0.15, 0.2) is 23.7 Å². The highest BCUT2D eigenvalue weighted by atomic mass is 35.5. The van der Waals surface area contributed by atoms with Gasteiger partial charge in [0.15, 0.2) is 0 Å². The number of hydrogen-bond acceptors (Lipinski definition) is 3. The minimum atomic E-state index is 0.766. The number of nitrogens with zero attached hydrogens (tertiary/aromatic N) is 1. The number of halogens is 1. The first-order valence-electron chi connectivity index (χ1n) is 4.31. The van der Waals surface area contributed by atoms with Gasteiger partial charge in [-0.2, -0.15) is 0 Å². The second kappa shape index (κ2) is 2.97. The first-order valence-corrected chi connectivity index (χ1v) is 5.57. The molecule has 0 fully saturated rings. The zero-order chi connectivity index (χ0) is 9.54. The predicted molar refractivity (Wildman–Crippen MR) is 59.9 cm³/mol. The van der Waals surface area contributed by atoms with Crippen molar-refractivity contribution < 1.29 is 0 Å². The number of rotatable bonds is 0. The van der Waals surface area contributed by atoms with Crippen molar-refractivity contribution in [1.82, 2.24) is 4.98 Å². The second-order valence-electron chi connectivity index (χ2n) is 3.14. The highest BCUT2D eigenvalue weighted by Crippen LogP contribution is 2.40. The van der Waals surface area contributed by atoms with Crippen molar-refractivity contribution in [3.8, 4) is 11.3 Å². The number of anilines is 1. The van der Waals surface area contributed by atoms with E-state index >= 15 is 0 Å². The van der Waals surface area contributed by atoms with Gasteiger partial charge in [0.1, 0.15) is 0 Å². The average molecular weight is 223 g/mol. The number of aromatic nitrogens is 1. The van der Waals surface area contributed by atoms with E-state index in [1.165, 1.54) is 4.88 Å². The van der Waals surface area contributed by atoms with Gasteiger partial charge in [0, 0.05) is 11.3 Å². The number of fused-ring (bicyclic) bond motifs is 3. The van der Waals surface area contributed by atoms with E-state index in [4.69, 9.17) is 11.6 Å². The van der Waals surface area contributed by atoms with Crippen LogP contribution >= 0.6 is 22.9 Å². The van der Waals surface area contributed by atoms with Crippen molar-refractivity contribution in [2.24, 2.45) is 0 Å². The van der Waals surface area contributed by atoms with Gasteiger partial charge in [-0.1, -0.05) is 17.7 Å².